The molecule has 0 aromatic rings. The van der Waals surface area contributed by atoms with Crippen molar-refractivity contribution in [2.75, 3.05) is 39.5 Å². The minimum atomic E-state index is -1.15. The van der Waals surface area contributed by atoms with Crippen LogP contribution in [0.25, 0.3) is 0 Å². The second kappa shape index (κ2) is 27.9. The fourth-order valence-electron chi connectivity index (χ4n) is 5.44. The molecule has 6 amide bonds. The van der Waals surface area contributed by atoms with Gasteiger partial charge in [0.2, 0.25) is 35.4 Å². The second-order valence-corrected chi connectivity index (χ2v) is 14.2. The smallest absolute Gasteiger partial charge is 0.328 e. The molecule has 3 atom stereocenters. The van der Waals surface area contributed by atoms with Crippen LogP contribution in [0.1, 0.15) is 99.3 Å². The van der Waals surface area contributed by atoms with E-state index in [1.54, 1.807) is 0 Å². The van der Waals surface area contributed by atoms with Crippen molar-refractivity contribution in [3.8, 4) is 0 Å². The van der Waals surface area contributed by atoms with E-state index in [1.165, 1.54) is 41.5 Å². The minimum absolute atomic E-state index is 0.00154. The topological polar surface area (TPSA) is 296 Å². The molecule has 60 heavy (non-hydrogen) atoms. The van der Waals surface area contributed by atoms with E-state index in [0.29, 0.717) is 16.7 Å². The van der Waals surface area contributed by atoms with Gasteiger partial charge in [0.25, 0.3) is 0 Å². The van der Waals surface area contributed by atoms with Gasteiger partial charge in [0.15, 0.2) is 0 Å². The van der Waals surface area contributed by atoms with Gasteiger partial charge in [-0.3, -0.25) is 28.8 Å². The number of cyclic esters (lactones) is 3. The number of amides is 6. The molecular formula is C39H57N6O15-3. The summed E-state index contributed by atoms with van der Waals surface area (Å²) in [5, 5.41) is 45.2. The number of nitrogens with zero attached hydrogens (tertiary/aromatic N) is 3. The quantitative estimate of drug-likeness (QED) is 0.268. The van der Waals surface area contributed by atoms with Gasteiger partial charge >= 0.3 is 17.9 Å². The van der Waals surface area contributed by atoms with Gasteiger partial charge in [-0.2, -0.15) is 0 Å². The molecule has 1 aliphatic rings. The van der Waals surface area contributed by atoms with Crippen LogP contribution in [-0.4, -0.2) is 126 Å². The maximum Gasteiger partial charge on any atom is 0.328 e. The first-order valence-electron chi connectivity index (χ1n) is 19.5. The number of carbonyl (C=O) groups excluding carboxylic acids is 9. The summed E-state index contributed by atoms with van der Waals surface area (Å²) < 4.78 is 15.8. The summed E-state index contributed by atoms with van der Waals surface area (Å²) in [7, 11) is 0. The number of hydrogen-bond donors (Lipinski definition) is 3. The van der Waals surface area contributed by atoms with E-state index in [9.17, 15) is 58.8 Å². The summed E-state index contributed by atoms with van der Waals surface area (Å²) in [5.41, 5.74) is 1.16. The fourth-order valence-corrected chi connectivity index (χ4v) is 5.44. The number of carbonyl (C=O) groups is 9. The normalized spacial score (nSPS) is 24.0. The molecule has 0 saturated heterocycles. The van der Waals surface area contributed by atoms with Crippen molar-refractivity contribution in [1.29, 1.82) is 0 Å². The zero-order chi connectivity index (χ0) is 45.4. The number of nitrogens with one attached hydrogen (secondary N) is 3. The van der Waals surface area contributed by atoms with Crippen LogP contribution in [0.5, 0.6) is 0 Å². The summed E-state index contributed by atoms with van der Waals surface area (Å²) in [5.74, 6) is -6.86. The number of hydrogen-bond acceptors (Lipinski definition) is 15. The van der Waals surface area contributed by atoms with E-state index in [0.717, 1.165) is 18.2 Å². The van der Waals surface area contributed by atoms with Crippen LogP contribution < -0.4 is 16.0 Å². The van der Waals surface area contributed by atoms with Gasteiger partial charge in [0.05, 0.1) is 19.8 Å². The van der Waals surface area contributed by atoms with Crippen molar-refractivity contribution in [3.05, 3.63) is 50.6 Å². The number of ether oxygens (including phenoxy) is 3. The first-order chi connectivity index (χ1) is 28.2. The van der Waals surface area contributed by atoms with Crippen LogP contribution in [0, 0.1) is 15.6 Å². The lowest BCUT2D eigenvalue weighted by atomic mass is 10.1. The summed E-state index contributed by atoms with van der Waals surface area (Å²) in [6.45, 7) is 6.46. The number of hydroxylamine groups is 6. The van der Waals surface area contributed by atoms with E-state index in [-0.39, 0.29) is 112 Å². The molecule has 0 aromatic carbocycles. The highest BCUT2D eigenvalue weighted by molar-refractivity contribution is 5.90. The SMILES string of the molecule is CC(=O)N[C@H]1CCCN([O-])C(=O)C=C(C)CCOC(=O)[C@H](NC(C)=O)CCCN([O-])C(=O)/C=C(\C)CCOC(=O)[C@@H](NC(C)=O)CCCN([O-])C(=O)/C=C(\C)CCOC1=O. The molecule has 0 aromatic heterocycles. The lowest BCUT2D eigenvalue weighted by Gasteiger charge is -2.28. The van der Waals surface area contributed by atoms with Crippen molar-refractivity contribution in [3.63, 3.8) is 0 Å². The van der Waals surface area contributed by atoms with Crippen LogP contribution in [0.15, 0.2) is 34.9 Å². The van der Waals surface area contributed by atoms with Crippen molar-refractivity contribution < 1.29 is 57.4 Å². The summed E-state index contributed by atoms with van der Waals surface area (Å²) in [6.07, 6.45) is 3.14. The van der Waals surface area contributed by atoms with E-state index >= 15 is 0 Å². The van der Waals surface area contributed by atoms with Crippen molar-refractivity contribution in [2.45, 2.75) is 117 Å². The Kier molecular flexibility index (Phi) is 24.4. The van der Waals surface area contributed by atoms with Gasteiger partial charge in [0, 0.05) is 77.9 Å². The third kappa shape index (κ3) is 22.5. The minimum Gasteiger partial charge on any atom is -0.756 e. The Morgan fingerprint density at radius 1 is 0.500 bits per heavy atom. The Morgan fingerprint density at radius 3 is 0.950 bits per heavy atom. The first-order valence-corrected chi connectivity index (χ1v) is 19.5. The monoisotopic (exact) mass is 849 g/mol. The Labute approximate surface area is 349 Å². The van der Waals surface area contributed by atoms with Crippen LogP contribution >= 0.6 is 0 Å². The number of esters is 3. The molecule has 0 bridgehead atoms. The lowest BCUT2D eigenvalue weighted by molar-refractivity contribution is -0.148. The molecule has 0 unspecified atom stereocenters. The highest BCUT2D eigenvalue weighted by Crippen LogP contribution is 2.11. The molecule has 0 saturated carbocycles. The molecule has 336 valence electrons. The standard InChI is InChI=1S/C39H57N6O15/c1-25-13-19-58-37(52)31(40-28(4)46)11-8-17-44(56)35(50)23-27(3)15-21-60-39(54)33(42-30(6)48)12-9-18-45(57)36(51)24-26(2)14-20-59-38(53)32(41-29(5)47)10-7-16-43(55)34(49)22-25/h22-24,31-33H,7-21H2,1-6H3,(H,40,46)(H,41,47)(H,42,48)/q-3/b25-22+,26-24+,27-23?/t31-,32-,33+/m0/s1. The van der Waals surface area contributed by atoms with Crippen molar-refractivity contribution >= 4 is 53.4 Å². The fraction of sp³-hybridized carbons (Fsp3) is 0.615. The van der Waals surface area contributed by atoms with Gasteiger partial charge in [-0.05, 0) is 59.3 Å². The van der Waals surface area contributed by atoms with Crippen molar-refractivity contribution in [2.24, 2.45) is 0 Å². The van der Waals surface area contributed by atoms with Crippen LogP contribution in [0.3, 0.4) is 0 Å². The summed E-state index contributed by atoms with van der Waals surface area (Å²) >= 11 is 0. The highest BCUT2D eigenvalue weighted by atomic mass is 16.5. The van der Waals surface area contributed by atoms with E-state index in [4.69, 9.17) is 14.2 Å². The van der Waals surface area contributed by atoms with E-state index in [2.05, 4.69) is 16.0 Å². The van der Waals surface area contributed by atoms with E-state index < -0.39 is 71.5 Å². The van der Waals surface area contributed by atoms with Gasteiger partial charge in [-0.25, -0.2) is 14.4 Å². The molecule has 0 spiro atoms. The van der Waals surface area contributed by atoms with Gasteiger partial charge in [-0.1, -0.05) is 16.7 Å². The zero-order valence-electron chi connectivity index (χ0n) is 35.0. The van der Waals surface area contributed by atoms with Gasteiger partial charge in [0.1, 0.15) is 18.1 Å². The predicted octanol–water partition coefficient (Wildman–Crippen LogP) is 1.47. The van der Waals surface area contributed by atoms with Crippen LogP contribution in [0.2, 0.25) is 0 Å². The first kappa shape index (κ1) is 52.3. The molecule has 1 aliphatic heterocycles. The molecule has 21 heteroatoms. The Morgan fingerprint density at radius 2 is 0.733 bits per heavy atom. The summed E-state index contributed by atoms with van der Waals surface area (Å²) in [4.78, 5) is 111. The van der Waals surface area contributed by atoms with Crippen LogP contribution in [0.4, 0.5) is 0 Å². The molecule has 0 radical (unpaired) electrons. The molecule has 1 rings (SSSR count). The third-order valence-electron chi connectivity index (χ3n) is 8.62. The lowest BCUT2D eigenvalue weighted by Crippen LogP contribution is -2.41. The molecule has 1 heterocycles. The molecule has 3 N–H and O–H groups in total. The average Bonchev–Trinajstić information content (AvgIpc) is 3.15. The predicted molar refractivity (Wildman–Crippen MR) is 214 cm³/mol. The Hall–Kier alpha value is -5.67. The zero-order valence-corrected chi connectivity index (χ0v) is 35.0. The van der Waals surface area contributed by atoms with E-state index in [1.807, 2.05) is 0 Å². The number of rotatable bonds is 3. The largest absolute Gasteiger partial charge is 0.756 e. The summed E-state index contributed by atoms with van der Waals surface area (Å²) in [6, 6.07) is -3.46. The molecule has 0 aliphatic carbocycles. The van der Waals surface area contributed by atoms with Gasteiger partial charge in [-0.15, -0.1) is 0 Å². The molecular weight excluding hydrogens is 792 g/mol. The Balaban J connectivity index is 3.15. The van der Waals surface area contributed by atoms with Crippen LogP contribution in [-0.2, 0) is 57.4 Å². The maximum atomic E-state index is 12.8. The Bertz CT molecular complexity index is 1440. The maximum absolute atomic E-state index is 12.8. The third-order valence-corrected chi connectivity index (χ3v) is 8.62. The molecule has 0 fully saturated rings. The highest BCUT2D eigenvalue weighted by Gasteiger charge is 2.24. The molecule has 21 nitrogen and oxygen atoms in total. The second-order valence-electron chi connectivity index (χ2n) is 14.2. The average molecular weight is 850 g/mol. The van der Waals surface area contributed by atoms with Gasteiger partial charge < -0.3 is 61.0 Å². The van der Waals surface area contributed by atoms with Crippen molar-refractivity contribution in [1.82, 2.24) is 31.1 Å².